The van der Waals surface area contributed by atoms with Gasteiger partial charge in [-0.15, -0.1) is 5.11 Å². The molecule has 29 heavy (non-hydrogen) atoms. The number of carbonyl (C=O) groups is 1. The first-order valence-corrected chi connectivity index (χ1v) is 9.61. The molecule has 0 spiro atoms. The molecule has 3 aromatic carbocycles. The van der Waals surface area contributed by atoms with Crippen molar-refractivity contribution in [3.63, 3.8) is 0 Å². The van der Waals surface area contributed by atoms with Crippen LogP contribution in [0.1, 0.15) is 27.0 Å². The molecule has 0 unspecified atom stereocenters. The summed E-state index contributed by atoms with van der Waals surface area (Å²) in [6, 6.07) is 21.3. The van der Waals surface area contributed by atoms with Gasteiger partial charge in [-0.3, -0.25) is 4.79 Å². The number of halogens is 1. The number of benzene rings is 3. The molecule has 140 valence electrons. The van der Waals surface area contributed by atoms with Gasteiger partial charge in [0.15, 0.2) is 0 Å². The molecule has 7 heteroatoms. The molecule has 1 amide bonds. The van der Waals surface area contributed by atoms with Gasteiger partial charge in [0.05, 0.1) is 22.9 Å². The molecule has 0 fully saturated rings. The van der Waals surface area contributed by atoms with Crippen LogP contribution in [0.3, 0.4) is 0 Å². The summed E-state index contributed by atoms with van der Waals surface area (Å²) >= 11 is 2.19. The van der Waals surface area contributed by atoms with Gasteiger partial charge in [-0.05, 0) is 95.7 Å². The topological polar surface area (TPSA) is 101 Å². The second kappa shape index (κ2) is 9.09. The number of aryl methyl sites for hydroxylation is 1. The van der Waals surface area contributed by atoms with Gasteiger partial charge in [0.2, 0.25) is 0 Å². The van der Waals surface area contributed by atoms with Gasteiger partial charge in [-0.2, -0.15) is 15.6 Å². The highest BCUT2D eigenvalue weighted by atomic mass is 127. The lowest BCUT2D eigenvalue weighted by Crippen LogP contribution is -2.12. The summed E-state index contributed by atoms with van der Waals surface area (Å²) in [6.07, 6.45) is 0. The third-order valence-corrected chi connectivity index (χ3v) is 4.80. The summed E-state index contributed by atoms with van der Waals surface area (Å²) in [7, 11) is 0. The minimum atomic E-state index is -0.185. The Balaban J connectivity index is 1.77. The second-order valence-electron chi connectivity index (χ2n) is 6.12. The highest BCUT2D eigenvalue weighted by Crippen LogP contribution is 2.26. The van der Waals surface area contributed by atoms with E-state index < -0.39 is 0 Å². The Kier molecular flexibility index (Phi) is 6.32. The third-order valence-electron chi connectivity index (χ3n) is 4.08. The summed E-state index contributed by atoms with van der Waals surface area (Å²) in [5.74, 6) is -0.185. The van der Waals surface area contributed by atoms with E-state index >= 15 is 0 Å². The number of amides is 1. The van der Waals surface area contributed by atoms with Crippen LogP contribution in [0.2, 0.25) is 0 Å². The fourth-order valence-electron chi connectivity index (χ4n) is 2.54. The van der Waals surface area contributed by atoms with Crippen molar-refractivity contribution in [2.75, 3.05) is 5.32 Å². The maximum absolute atomic E-state index is 12.4. The van der Waals surface area contributed by atoms with Crippen LogP contribution in [0.5, 0.6) is 0 Å². The molecule has 3 aromatic rings. The number of hydrogen-bond acceptors (Lipinski definition) is 5. The van der Waals surface area contributed by atoms with Crippen molar-refractivity contribution in [1.29, 1.82) is 10.5 Å². The first-order valence-electron chi connectivity index (χ1n) is 8.53. The maximum Gasteiger partial charge on any atom is 0.255 e. The Labute approximate surface area is 181 Å². The van der Waals surface area contributed by atoms with Gasteiger partial charge < -0.3 is 5.32 Å². The number of nitrogens with zero attached hydrogens (tertiary/aromatic N) is 4. The fraction of sp³-hybridized carbons (Fsp3) is 0.0455. The Bertz CT molecular complexity index is 1190. The van der Waals surface area contributed by atoms with Crippen LogP contribution in [0.25, 0.3) is 0 Å². The van der Waals surface area contributed by atoms with E-state index in [1.165, 1.54) is 6.07 Å². The van der Waals surface area contributed by atoms with Crippen molar-refractivity contribution in [2.45, 2.75) is 6.92 Å². The third kappa shape index (κ3) is 5.03. The first kappa shape index (κ1) is 20.2. The summed E-state index contributed by atoms with van der Waals surface area (Å²) < 4.78 is 1.06. The standard InChI is InChI=1S/C22H14IN5O/c1-14-10-19(27-28-21-8-2-15(12-24)11-17(21)13-25)7-9-20(14)26-22(29)16-3-5-18(23)6-4-16/h2-11H,1H3,(H,26,29). The summed E-state index contributed by atoms with van der Waals surface area (Å²) in [5, 5.41) is 29.3. The minimum absolute atomic E-state index is 0.185. The van der Waals surface area contributed by atoms with E-state index in [2.05, 4.69) is 38.1 Å². The van der Waals surface area contributed by atoms with E-state index in [0.29, 0.717) is 28.2 Å². The van der Waals surface area contributed by atoms with E-state index in [0.717, 1.165) is 9.13 Å². The smallest absolute Gasteiger partial charge is 0.255 e. The number of anilines is 1. The monoisotopic (exact) mass is 491 g/mol. The van der Waals surface area contributed by atoms with Crippen molar-refractivity contribution >= 4 is 45.6 Å². The molecule has 0 heterocycles. The zero-order chi connectivity index (χ0) is 20.8. The highest BCUT2D eigenvalue weighted by molar-refractivity contribution is 14.1. The molecule has 0 bridgehead atoms. The average Bonchev–Trinajstić information content (AvgIpc) is 2.74. The molecular formula is C22H14IN5O. The largest absolute Gasteiger partial charge is 0.322 e. The molecular weight excluding hydrogens is 477 g/mol. The quantitative estimate of drug-likeness (QED) is 0.357. The Morgan fingerprint density at radius 3 is 2.38 bits per heavy atom. The first-order chi connectivity index (χ1) is 14.0. The normalized spacial score (nSPS) is 10.3. The van der Waals surface area contributed by atoms with Crippen LogP contribution < -0.4 is 5.32 Å². The molecule has 0 radical (unpaired) electrons. The molecule has 1 N–H and O–H groups in total. The van der Waals surface area contributed by atoms with Crippen molar-refractivity contribution in [2.24, 2.45) is 10.2 Å². The van der Waals surface area contributed by atoms with Crippen LogP contribution >= 0.6 is 22.6 Å². The van der Waals surface area contributed by atoms with E-state index in [-0.39, 0.29) is 11.5 Å². The fourth-order valence-corrected chi connectivity index (χ4v) is 2.90. The molecule has 0 aliphatic rings. The predicted molar refractivity (Wildman–Crippen MR) is 118 cm³/mol. The zero-order valence-corrected chi connectivity index (χ0v) is 17.5. The number of carbonyl (C=O) groups excluding carboxylic acids is 1. The number of nitrogens with one attached hydrogen (secondary N) is 1. The van der Waals surface area contributed by atoms with E-state index in [4.69, 9.17) is 5.26 Å². The summed E-state index contributed by atoms with van der Waals surface area (Å²) in [5.41, 5.74) is 3.75. The molecule has 6 nitrogen and oxygen atoms in total. The van der Waals surface area contributed by atoms with Gasteiger partial charge in [0.1, 0.15) is 11.8 Å². The van der Waals surface area contributed by atoms with E-state index in [9.17, 15) is 10.1 Å². The summed E-state index contributed by atoms with van der Waals surface area (Å²) in [6.45, 7) is 1.87. The van der Waals surface area contributed by atoms with Gasteiger partial charge in [-0.25, -0.2) is 0 Å². The van der Waals surface area contributed by atoms with Crippen molar-refractivity contribution in [3.05, 3.63) is 86.5 Å². The highest BCUT2D eigenvalue weighted by Gasteiger charge is 2.08. The summed E-state index contributed by atoms with van der Waals surface area (Å²) in [4.78, 5) is 12.4. The number of nitriles is 2. The van der Waals surface area contributed by atoms with Gasteiger partial charge in [-0.1, -0.05) is 0 Å². The SMILES string of the molecule is Cc1cc(N=Nc2ccc(C#N)cc2C#N)ccc1NC(=O)c1ccc(I)cc1. The van der Waals surface area contributed by atoms with Crippen LogP contribution in [0, 0.1) is 33.2 Å². The van der Waals surface area contributed by atoms with Gasteiger partial charge in [0.25, 0.3) is 5.91 Å². The maximum atomic E-state index is 12.4. The van der Waals surface area contributed by atoms with Crippen molar-refractivity contribution in [3.8, 4) is 12.1 Å². The minimum Gasteiger partial charge on any atom is -0.322 e. The lowest BCUT2D eigenvalue weighted by Gasteiger charge is -2.09. The van der Waals surface area contributed by atoms with E-state index in [1.54, 1.807) is 42.5 Å². The van der Waals surface area contributed by atoms with Crippen LogP contribution in [0.15, 0.2) is 70.9 Å². The zero-order valence-electron chi connectivity index (χ0n) is 15.3. The molecule has 0 aliphatic heterocycles. The van der Waals surface area contributed by atoms with Gasteiger partial charge >= 0.3 is 0 Å². The van der Waals surface area contributed by atoms with Crippen molar-refractivity contribution in [1.82, 2.24) is 0 Å². The van der Waals surface area contributed by atoms with Gasteiger partial charge in [0, 0.05) is 14.8 Å². The molecule has 0 aliphatic carbocycles. The predicted octanol–water partition coefficient (Wildman–Crippen LogP) is 6.01. The molecule has 0 atom stereocenters. The second-order valence-corrected chi connectivity index (χ2v) is 7.36. The Morgan fingerprint density at radius 1 is 0.966 bits per heavy atom. The van der Waals surface area contributed by atoms with Crippen LogP contribution in [-0.2, 0) is 0 Å². The molecule has 0 saturated heterocycles. The Morgan fingerprint density at radius 2 is 1.72 bits per heavy atom. The number of hydrogen-bond donors (Lipinski definition) is 1. The Hall–Kier alpha value is -3.56. The van der Waals surface area contributed by atoms with Crippen molar-refractivity contribution < 1.29 is 4.79 Å². The molecule has 3 rings (SSSR count). The lowest BCUT2D eigenvalue weighted by molar-refractivity contribution is 0.102. The lowest BCUT2D eigenvalue weighted by atomic mass is 10.1. The van der Waals surface area contributed by atoms with E-state index in [1.807, 2.05) is 31.2 Å². The van der Waals surface area contributed by atoms with Crippen LogP contribution in [0.4, 0.5) is 17.1 Å². The number of azo groups is 1. The average molecular weight is 491 g/mol. The number of rotatable bonds is 4. The molecule has 0 aromatic heterocycles. The molecule has 0 saturated carbocycles. The van der Waals surface area contributed by atoms with Crippen LogP contribution in [-0.4, -0.2) is 5.91 Å².